The number of carboxylic acids is 1. The molecule has 2 heterocycles. The number of ketones is 1. The van der Waals surface area contributed by atoms with Gasteiger partial charge in [-0.25, -0.2) is 4.79 Å². The van der Waals surface area contributed by atoms with Crippen molar-refractivity contribution in [2.45, 2.75) is 32.7 Å². The molecule has 0 spiro atoms. The van der Waals surface area contributed by atoms with Gasteiger partial charge in [0.1, 0.15) is 5.76 Å². The molecule has 23 heavy (non-hydrogen) atoms. The largest absolute Gasteiger partial charge is 0.475 e. The lowest BCUT2D eigenvalue weighted by Crippen LogP contribution is -2.25. The number of Topliss-reactive ketones (excluding diaryl/α,β-unsaturated/α-hetero) is 1. The lowest BCUT2D eigenvalue weighted by molar-refractivity contribution is 0.0660. The van der Waals surface area contributed by atoms with E-state index in [-0.39, 0.29) is 24.0 Å². The summed E-state index contributed by atoms with van der Waals surface area (Å²) < 4.78 is 5.09. The van der Waals surface area contributed by atoms with E-state index in [0.717, 1.165) is 18.5 Å². The first kappa shape index (κ1) is 15.1. The van der Waals surface area contributed by atoms with Crippen molar-refractivity contribution >= 4 is 17.7 Å². The van der Waals surface area contributed by atoms with Crippen molar-refractivity contribution in [3.8, 4) is 0 Å². The number of carbonyl (C=O) groups is 3. The van der Waals surface area contributed by atoms with Crippen LogP contribution in [-0.4, -0.2) is 27.8 Å². The van der Waals surface area contributed by atoms with E-state index in [0.29, 0.717) is 29.0 Å². The molecular weight excluding hydrogens is 300 g/mol. The van der Waals surface area contributed by atoms with E-state index < -0.39 is 5.97 Å². The Kier molecular flexibility index (Phi) is 3.77. The Morgan fingerprint density at radius 1 is 1.35 bits per heavy atom. The molecule has 1 aliphatic rings. The number of hydrogen-bond donors (Lipinski definition) is 3. The first-order valence-electron chi connectivity index (χ1n) is 7.32. The maximum absolute atomic E-state index is 12.4. The maximum Gasteiger partial charge on any atom is 0.371 e. The van der Waals surface area contributed by atoms with E-state index in [1.54, 1.807) is 6.92 Å². The van der Waals surface area contributed by atoms with E-state index in [9.17, 15) is 14.4 Å². The lowest BCUT2D eigenvalue weighted by atomic mass is 9.93. The molecule has 0 saturated heterocycles. The number of furan rings is 1. The Bertz CT molecular complexity index is 799. The highest BCUT2D eigenvalue weighted by Gasteiger charge is 2.28. The van der Waals surface area contributed by atoms with Gasteiger partial charge in [0.2, 0.25) is 5.76 Å². The third kappa shape index (κ3) is 2.77. The van der Waals surface area contributed by atoms with Crippen LogP contribution in [0.25, 0.3) is 0 Å². The zero-order valence-corrected chi connectivity index (χ0v) is 12.6. The van der Waals surface area contributed by atoms with E-state index in [1.165, 1.54) is 12.1 Å². The molecule has 0 radical (unpaired) electrons. The first-order valence-corrected chi connectivity index (χ1v) is 7.32. The summed E-state index contributed by atoms with van der Waals surface area (Å²) in [4.78, 5) is 38.4. The molecule has 0 aliphatic heterocycles. The van der Waals surface area contributed by atoms with E-state index in [2.05, 4.69) is 10.3 Å². The molecule has 0 fully saturated rings. The number of amides is 1. The van der Waals surface area contributed by atoms with Gasteiger partial charge in [0.05, 0.1) is 17.7 Å². The molecule has 1 aliphatic carbocycles. The molecule has 7 nitrogen and oxygen atoms in total. The first-order chi connectivity index (χ1) is 11.0. The lowest BCUT2D eigenvalue weighted by Gasteiger charge is -2.11. The van der Waals surface area contributed by atoms with Crippen molar-refractivity contribution in [3.63, 3.8) is 0 Å². The summed E-state index contributed by atoms with van der Waals surface area (Å²) >= 11 is 0. The van der Waals surface area contributed by atoms with Gasteiger partial charge in [-0.1, -0.05) is 0 Å². The standard InChI is InChI=1S/C16H16N2O5/c1-8-13(14-10(18-8)3-2-4-11(14)19)15(20)17-7-9-5-6-12(23-9)16(21)22/h5-6,18H,2-4,7H2,1H3,(H,17,20)(H,21,22). The number of aryl methyl sites for hydroxylation is 2. The second kappa shape index (κ2) is 5.75. The Morgan fingerprint density at radius 2 is 2.13 bits per heavy atom. The second-order valence-electron chi connectivity index (χ2n) is 5.51. The highest BCUT2D eigenvalue weighted by Crippen LogP contribution is 2.26. The number of aromatic carboxylic acids is 1. The summed E-state index contributed by atoms with van der Waals surface area (Å²) in [6.07, 6.45) is 2.00. The van der Waals surface area contributed by atoms with Crippen molar-refractivity contribution in [1.82, 2.24) is 10.3 Å². The highest BCUT2D eigenvalue weighted by molar-refractivity contribution is 6.10. The molecule has 0 atom stereocenters. The van der Waals surface area contributed by atoms with Crippen LogP contribution >= 0.6 is 0 Å². The summed E-state index contributed by atoms with van der Waals surface area (Å²) in [5.74, 6) is -1.40. The predicted molar refractivity (Wildman–Crippen MR) is 79.6 cm³/mol. The van der Waals surface area contributed by atoms with Crippen LogP contribution in [0.5, 0.6) is 0 Å². The molecule has 2 aromatic heterocycles. The third-order valence-corrected chi connectivity index (χ3v) is 3.90. The maximum atomic E-state index is 12.4. The summed E-state index contributed by atoms with van der Waals surface area (Å²) in [6, 6.07) is 2.82. The minimum absolute atomic E-state index is 0.0214. The molecule has 7 heteroatoms. The van der Waals surface area contributed by atoms with Crippen LogP contribution in [0.15, 0.2) is 16.5 Å². The van der Waals surface area contributed by atoms with Gasteiger partial charge in [-0.05, 0) is 31.9 Å². The Hall–Kier alpha value is -2.83. The van der Waals surface area contributed by atoms with Gasteiger partial charge in [-0.2, -0.15) is 0 Å². The van der Waals surface area contributed by atoms with Crippen LogP contribution in [0.3, 0.4) is 0 Å². The number of aromatic amines is 1. The quantitative estimate of drug-likeness (QED) is 0.799. The fourth-order valence-corrected chi connectivity index (χ4v) is 2.86. The van der Waals surface area contributed by atoms with Crippen LogP contribution in [0.1, 0.15) is 61.3 Å². The molecule has 0 bridgehead atoms. The molecule has 0 unspecified atom stereocenters. The number of aromatic nitrogens is 1. The number of nitrogens with one attached hydrogen (secondary N) is 2. The van der Waals surface area contributed by atoms with Gasteiger partial charge < -0.3 is 19.8 Å². The average Bonchev–Trinajstić information content (AvgIpc) is 3.09. The van der Waals surface area contributed by atoms with Gasteiger partial charge in [0, 0.05) is 17.8 Å². The normalized spacial score (nSPS) is 13.7. The fraction of sp³-hybridized carbons (Fsp3) is 0.312. The van der Waals surface area contributed by atoms with Crippen LogP contribution in [-0.2, 0) is 13.0 Å². The van der Waals surface area contributed by atoms with E-state index >= 15 is 0 Å². The van der Waals surface area contributed by atoms with E-state index in [4.69, 9.17) is 9.52 Å². The Labute approximate surface area is 131 Å². The SMILES string of the molecule is Cc1[nH]c2c(c1C(=O)NCc1ccc(C(=O)O)o1)C(=O)CCC2. The number of fused-ring (bicyclic) bond motifs is 1. The van der Waals surface area contributed by atoms with Crippen LogP contribution < -0.4 is 5.32 Å². The summed E-state index contributed by atoms with van der Waals surface area (Å²) in [5, 5.41) is 11.5. The van der Waals surface area contributed by atoms with Crippen LogP contribution in [0.4, 0.5) is 0 Å². The monoisotopic (exact) mass is 316 g/mol. The van der Waals surface area contributed by atoms with Gasteiger partial charge in [-0.3, -0.25) is 9.59 Å². The Morgan fingerprint density at radius 3 is 2.83 bits per heavy atom. The van der Waals surface area contributed by atoms with Gasteiger partial charge >= 0.3 is 5.97 Å². The summed E-state index contributed by atoms with van der Waals surface area (Å²) in [7, 11) is 0. The number of carboxylic acid groups (broad SMARTS) is 1. The minimum Gasteiger partial charge on any atom is -0.475 e. The number of carbonyl (C=O) groups excluding carboxylic acids is 2. The Balaban J connectivity index is 1.77. The van der Waals surface area contributed by atoms with Crippen LogP contribution in [0, 0.1) is 6.92 Å². The number of rotatable bonds is 4. The van der Waals surface area contributed by atoms with Gasteiger partial charge in [0.25, 0.3) is 5.91 Å². The van der Waals surface area contributed by atoms with Crippen molar-refractivity contribution in [3.05, 3.63) is 46.2 Å². The zero-order chi connectivity index (χ0) is 16.6. The molecule has 0 saturated carbocycles. The third-order valence-electron chi connectivity index (χ3n) is 3.90. The molecule has 2 aromatic rings. The molecule has 120 valence electrons. The molecule has 1 amide bonds. The van der Waals surface area contributed by atoms with Crippen LogP contribution in [0.2, 0.25) is 0 Å². The fourth-order valence-electron chi connectivity index (χ4n) is 2.86. The van der Waals surface area contributed by atoms with Crippen molar-refractivity contribution in [1.29, 1.82) is 0 Å². The number of hydrogen-bond acceptors (Lipinski definition) is 4. The average molecular weight is 316 g/mol. The minimum atomic E-state index is -1.16. The number of H-pyrrole nitrogens is 1. The highest BCUT2D eigenvalue weighted by atomic mass is 16.4. The zero-order valence-electron chi connectivity index (χ0n) is 12.6. The van der Waals surface area contributed by atoms with Gasteiger partial charge in [-0.15, -0.1) is 0 Å². The van der Waals surface area contributed by atoms with Crippen molar-refractivity contribution in [2.75, 3.05) is 0 Å². The van der Waals surface area contributed by atoms with Crippen molar-refractivity contribution in [2.24, 2.45) is 0 Å². The van der Waals surface area contributed by atoms with Crippen molar-refractivity contribution < 1.29 is 23.9 Å². The smallest absolute Gasteiger partial charge is 0.371 e. The van der Waals surface area contributed by atoms with Gasteiger partial charge in [0.15, 0.2) is 5.78 Å². The topological polar surface area (TPSA) is 112 Å². The molecule has 3 N–H and O–H groups in total. The second-order valence-corrected chi connectivity index (χ2v) is 5.51. The molecule has 0 aromatic carbocycles. The van der Waals surface area contributed by atoms with E-state index in [1.807, 2.05) is 0 Å². The molecule has 3 rings (SSSR count). The summed E-state index contributed by atoms with van der Waals surface area (Å²) in [6.45, 7) is 1.82. The summed E-state index contributed by atoms with van der Waals surface area (Å²) in [5.41, 5.74) is 2.33. The molecular formula is C16H16N2O5. The predicted octanol–water partition coefficient (Wildman–Crippen LogP) is 2.06.